The van der Waals surface area contributed by atoms with E-state index < -0.39 is 41.4 Å². The van der Waals surface area contributed by atoms with Crippen LogP contribution in [-0.2, 0) is 30.4 Å². The largest absolute Gasteiger partial charge is 0.478 e. The second kappa shape index (κ2) is 15.1. The van der Waals surface area contributed by atoms with Gasteiger partial charge in [-0.2, -0.15) is 10.2 Å². The molecule has 0 spiro atoms. The second-order valence-electron chi connectivity index (χ2n) is 11.5. The predicted molar refractivity (Wildman–Crippen MR) is 178 cm³/mol. The minimum absolute atomic E-state index is 0.0237. The number of carboxylic acid groups (broad SMARTS) is 1. The van der Waals surface area contributed by atoms with Crippen molar-refractivity contribution in [2.75, 3.05) is 22.5 Å². The highest BCUT2D eigenvalue weighted by molar-refractivity contribution is 6.13. The molecule has 0 saturated carbocycles. The number of azo groups is 1. The van der Waals surface area contributed by atoms with E-state index in [0.717, 1.165) is 10.5 Å². The smallest absolute Gasteiger partial charge is 0.335 e. The van der Waals surface area contributed by atoms with Crippen LogP contribution in [0.15, 0.2) is 83.0 Å². The Bertz CT molecular complexity index is 1980. The molecular weight excluding hydrogens is 648 g/mol. The number of benzene rings is 3. The molecule has 0 radical (unpaired) electrons. The van der Waals surface area contributed by atoms with Crippen LogP contribution < -0.4 is 16.0 Å². The lowest BCUT2D eigenvalue weighted by Crippen LogP contribution is -2.31. The second-order valence-corrected chi connectivity index (χ2v) is 11.5. The van der Waals surface area contributed by atoms with Crippen molar-refractivity contribution in [2.45, 2.75) is 38.6 Å². The number of imide groups is 1. The minimum Gasteiger partial charge on any atom is -0.478 e. The third-order valence-corrected chi connectivity index (χ3v) is 7.75. The van der Waals surface area contributed by atoms with Gasteiger partial charge in [-0.05, 0) is 79.9 Å². The van der Waals surface area contributed by atoms with Gasteiger partial charge in [-0.25, -0.2) is 4.79 Å². The SMILES string of the molecule is CC(=O)C(N=Nc1ccc(C(=O)Nc2cc(C(=O)O)cc(C(=O)CCCCN3C(=O)C=CC3=O)c2)cc1)C(=O)Nc1ccc2c(c1)NC(=O)C2. The van der Waals surface area contributed by atoms with E-state index in [1.807, 2.05) is 0 Å². The zero-order valence-corrected chi connectivity index (χ0v) is 26.6. The third kappa shape index (κ3) is 8.44. The fourth-order valence-electron chi connectivity index (χ4n) is 5.16. The van der Waals surface area contributed by atoms with Gasteiger partial charge in [0.15, 0.2) is 11.6 Å². The lowest BCUT2D eigenvalue weighted by atomic mass is 10.0. The number of carbonyl (C=O) groups excluding carboxylic acids is 7. The summed E-state index contributed by atoms with van der Waals surface area (Å²) in [6.45, 7) is 1.34. The molecule has 0 fully saturated rings. The summed E-state index contributed by atoms with van der Waals surface area (Å²) in [5.74, 6) is -4.58. The molecule has 2 aliphatic rings. The van der Waals surface area contributed by atoms with Crippen molar-refractivity contribution in [3.63, 3.8) is 0 Å². The number of unbranched alkanes of at least 4 members (excludes halogenated alkanes) is 1. The van der Waals surface area contributed by atoms with E-state index in [2.05, 4.69) is 26.2 Å². The van der Waals surface area contributed by atoms with Crippen molar-refractivity contribution >= 4 is 69.8 Å². The highest BCUT2D eigenvalue weighted by atomic mass is 16.4. The Hall–Kier alpha value is -6.64. The van der Waals surface area contributed by atoms with Crippen LogP contribution in [0.3, 0.4) is 0 Å². The number of hydrogen-bond acceptors (Lipinski definition) is 10. The molecule has 3 aromatic carbocycles. The summed E-state index contributed by atoms with van der Waals surface area (Å²) < 4.78 is 0. The van der Waals surface area contributed by atoms with Crippen molar-refractivity contribution in [1.82, 2.24) is 4.90 Å². The van der Waals surface area contributed by atoms with Crippen LogP contribution in [0.2, 0.25) is 0 Å². The van der Waals surface area contributed by atoms with Crippen LogP contribution in [-0.4, -0.2) is 69.7 Å². The van der Waals surface area contributed by atoms with Gasteiger partial charge in [0.05, 0.1) is 17.7 Å². The standard InChI is InChI=1S/C35H30N6O9/c1-19(42)32(34(48)36-25-10-7-21-17-29(44)38-27(21)18-25)40-39-24-8-5-20(6-9-24)33(47)37-26-15-22(14-23(16-26)35(49)50)28(43)4-2-3-13-41-30(45)11-12-31(41)46/h5-12,14-16,18,32H,2-4,13,17H2,1H3,(H,36,48)(H,37,47)(H,38,44)(H,49,50). The van der Waals surface area contributed by atoms with Crippen LogP contribution in [0.25, 0.3) is 0 Å². The summed E-state index contributed by atoms with van der Waals surface area (Å²) in [5.41, 5.74) is 2.03. The van der Waals surface area contributed by atoms with Crippen molar-refractivity contribution < 1.29 is 43.5 Å². The average molecular weight is 679 g/mol. The molecule has 1 unspecified atom stereocenters. The molecule has 0 aromatic heterocycles. The summed E-state index contributed by atoms with van der Waals surface area (Å²) in [6, 6.07) is 12.9. The van der Waals surface area contributed by atoms with Crippen LogP contribution in [0.5, 0.6) is 0 Å². The van der Waals surface area contributed by atoms with E-state index in [9.17, 15) is 43.5 Å². The number of anilines is 3. The number of carbonyl (C=O) groups is 8. The Morgan fingerprint density at radius 1 is 0.840 bits per heavy atom. The fourth-order valence-corrected chi connectivity index (χ4v) is 5.16. The molecule has 3 aromatic rings. The molecular formula is C35H30N6O9. The zero-order chi connectivity index (χ0) is 35.9. The number of hydrogen-bond donors (Lipinski definition) is 4. The quantitative estimate of drug-likeness (QED) is 0.0633. The normalized spacial score (nSPS) is 14.0. The number of carboxylic acids is 1. The van der Waals surface area contributed by atoms with Gasteiger partial charge in [0, 0.05) is 53.3 Å². The van der Waals surface area contributed by atoms with Crippen molar-refractivity contribution in [3.8, 4) is 0 Å². The van der Waals surface area contributed by atoms with Crippen LogP contribution in [0.4, 0.5) is 22.7 Å². The van der Waals surface area contributed by atoms with Crippen molar-refractivity contribution in [2.24, 2.45) is 10.2 Å². The lowest BCUT2D eigenvalue weighted by molar-refractivity contribution is -0.137. The van der Waals surface area contributed by atoms with Gasteiger partial charge < -0.3 is 21.1 Å². The number of nitrogens with zero attached hydrogens (tertiary/aromatic N) is 3. The van der Waals surface area contributed by atoms with Gasteiger partial charge in [0.2, 0.25) is 11.9 Å². The minimum atomic E-state index is -1.46. The molecule has 0 bridgehead atoms. The molecule has 50 heavy (non-hydrogen) atoms. The first-order valence-corrected chi connectivity index (χ1v) is 15.4. The number of nitrogens with one attached hydrogen (secondary N) is 3. The summed E-state index contributed by atoms with van der Waals surface area (Å²) >= 11 is 0. The Morgan fingerprint density at radius 2 is 1.54 bits per heavy atom. The van der Waals surface area contributed by atoms with Crippen molar-refractivity contribution in [1.29, 1.82) is 0 Å². The van der Waals surface area contributed by atoms with Gasteiger partial charge >= 0.3 is 5.97 Å². The third-order valence-electron chi connectivity index (χ3n) is 7.75. The maximum Gasteiger partial charge on any atom is 0.335 e. The highest BCUT2D eigenvalue weighted by Crippen LogP contribution is 2.27. The van der Waals surface area contributed by atoms with Crippen LogP contribution in [0.1, 0.15) is 62.8 Å². The number of amides is 5. The number of fused-ring (bicyclic) bond motifs is 1. The highest BCUT2D eigenvalue weighted by Gasteiger charge is 2.25. The summed E-state index contributed by atoms with van der Waals surface area (Å²) in [4.78, 5) is 98.7. The molecule has 0 aliphatic carbocycles. The van der Waals surface area contributed by atoms with Crippen molar-refractivity contribution in [3.05, 3.63) is 95.1 Å². The summed E-state index contributed by atoms with van der Waals surface area (Å²) in [5, 5.41) is 25.3. The molecule has 15 heteroatoms. The fraction of sp³-hybridized carbons (Fsp3) is 0.200. The Kier molecular flexibility index (Phi) is 10.4. The Labute approximate surface area is 284 Å². The number of aromatic carboxylic acids is 1. The van der Waals surface area contributed by atoms with Gasteiger partial charge in [-0.1, -0.05) is 6.07 Å². The van der Waals surface area contributed by atoms with Crippen LogP contribution in [0, 0.1) is 0 Å². The lowest BCUT2D eigenvalue weighted by Gasteiger charge is -2.13. The maximum atomic E-state index is 13.0. The van der Waals surface area contributed by atoms with Gasteiger partial charge in [-0.15, -0.1) is 0 Å². The average Bonchev–Trinajstić information content (AvgIpc) is 3.61. The molecule has 5 amide bonds. The first kappa shape index (κ1) is 34.7. The Morgan fingerprint density at radius 3 is 2.22 bits per heavy atom. The van der Waals surface area contributed by atoms with E-state index in [-0.39, 0.29) is 59.1 Å². The molecule has 0 saturated heterocycles. The molecule has 254 valence electrons. The van der Waals surface area contributed by atoms with E-state index >= 15 is 0 Å². The monoisotopic (exact) mass is 678 g/mol. The molecule has 2 heterocycles. The van der Waals surface area contributed by atoms with E-state index in [0.29, 0.717) is 24.2 Å². The van der Waals surface area contributed by atoms with E-state index in [4.69, 9.17) is 0 Å². The van der Waals surface area contributed by atoms with Gasteiger partial charge in [0.1, 0.15) is 0 Å². The molecule has 4 N–H and O–H groups in total. The molecule has 1 atom stereocenters. The van der Waals surface area contributed by atoms with E-state index in [1.54, 1.807) is 18.2 Å². The molecule has 15 nitrogen and oxygen atoms in total. The summed E-state index contributed by atoms with van der Waals surface area (Å²) in [6.07, 6.45) is 3.33. The topological polar surface area (TPSA) is 221 Å². The number of Topliss-reactive ketones (excluding diaryl/α,β-unsaturated/α-hetero) is 2. The van der Waals surface area contributed by atoms with Gasteiger partial charge in [-0.3, -0.25) is 38.5 Å². The number of rotatable bonds is 14. The van der Waals surface area contributed by atoms with Crippen LogP contribution >= 0.6 is 0 Å². The zero-order valence-electron chi connectivity index (χ0n) is 26.6. The maximum absolute atomic E-state index is 13.0. The molecule has 2 aliphatic heterocycles. The Balaban J connectivity index is 1.19. The van der Waals surface area contributed by atoms with Gasteiger partial charge in [0.25, 0.3) is 23.6 Å². The first-order chi connectivity index (χ1) is 23.9. The predicted octanol–water partition coefficient (Wildman–Crippen LogP) is 4.09. The summed E-state index contributed by atoms with van der Waals surface area (Å²) in [7, 11) is 0. The first-order valence-electron chi connectivity index (χ1n) is 15.4. The van der Waals surface area contributed by atoms with E-state index in [1.165, 1.54) is 61.5 Å². The number of ketones is 2. The molecule has 5 rings (SSSR count).